The summed E-state index contributed by atoms with van der Waals surface area (Å²) in [5.41, 5.74) is 1.22. The molecule has 21 heavy (non-hydrogen) atoms. The molecule has 0 amide bonds. The maximum absolute atomic E-state index is 10.4. The van der Waals surface area contributed by atoms with Crippen molar-refractivity contribution in [1.82, 2.24) is 0 Å². The molecule has 0 aliphatic carbocycles. The molecule has 0 saturated heterocycles. The Kier molecular flexibility index (Phi) is 7.61. The van der Waals surface area contributed by atoms with Crippen molar-refractivity contribution >= 4 is 19.7 Å². The molecular weight excluding hydrogens is 296 g/mol. The standard InChI is InChI=1S/C17H32O2SSi/c1-7-15(19-21(8-2,9-3)10-4)14-11-12-20-17(14)16(18)13(5)6/h11-13,15-16,18H,7-10H2,1-6H3. The van der Waals surface area contributed by atoms with E-state index in [1.165, 1.54) is 23.7 Å². The SMILES string of the molecule is CCC(O[Si](CC)(CC)CC)c1ccsc1C(O)C(C)C. The second-order valence-electron chi connectivity index (χ2n) is 6.19. The highest BCUT2D eigenvalue weighted by Crippen LogP contribution is 2.38. The number of rotatable bonds is 9. The van der Waals surface area contributed by atoms with E-state index < -0.39 is 8.32 Å². The molecule has 0 spiro atoms. The van der Waals surface area contributed by atoms with Crippen LogP contribution in [0.4, 0.5) is 0 Å². The minimum Gasteiger partial charge on any atom is -0.410 e. The Morgan fingerprint density at radius 2 is 1.71 bits per heavy atom. The van der Waals surface area contributed by atoms with Gasteiger partial charge in [-0.25, -0.2) is 0 Å². The number of aliphatic hydroxyl groups is 1. The fourth-order valence-electron chi connectivity index (χ4n) is 2.81. The van der Waals surface area contributed by atoms with Crippen LogP contribution in [0.25, 0.3) is 0 Å². The van der Waals surface area contributed by atoms with Gasteiger partial charge in [-0.1, -0.05) is 41.5 Å². The van der Waals surface area contributed by atoms with Crippen LogP contribution >= 0.6 is 11.3 Å². The monoisotopic (exact) mass is 328 g/mol. The zero-order valence-corrected chi connectivity index (χ0v) is 16.3. The molecule has 0 bridgehead atoms. The lowest BCUT2D eigenvalue weighted by Crippen LogP contribution is -2.37. The third-order valence-electron chi connectivity index (χ3n) is 4.67. The third-order valence-corrected chi connectivity index (χ3v) is 10.3. The molecule has 1 N–H and O–H groups in total. The summed E-state index contributed by atoms with van der Waals surface area (Å²) >= 11 is 1.66. The number of aliphatic hydroxyl groups excluding tert-OH is 1. The lowest BCUT2D eigenvalue weighted by molar-refractivity contribution is 0.123. The quantitative estimate of drug-likeness (QED) is 0.571. The Morgan fingerprint density at radius 1 is 1.14 bits per heavy atom. The van der Waals surface area contributed by atoms with Crippen LogP contribution in [0, 0.1) is 5.92 Å². The molecule has 2 nitrogen and oxygen atoms in total. The highest BCUT2D eigenvalue weighted by atomic mass is 32.1. The molecule has 0 aliphatic heterocycles. The molecule has 0 aliphatic rings. The number of hydrogen-bond donors (Lipinski definition) is 1. The van der Waals surface area contributed by atoms with Crippen molar-refractivity contribution in [2.45, 2.75) is 78.3 Å². The van der Waals surface area contributed by atoms with Gasteiger partial charge in [0.1, 0.15) is 0 Å². The van der Waals surface area contributed by atoms with Gasteiger partial charge in [-0.05, 0) is 47.5 Å². The second-order valence-corrected chi connectivity index (χ2v) is 11.9. The van der Waals surface area contributed by atoms with Crippen molar-refractivity contribution in [1.29, 1.82) is 0 Å². The summed E-state index contributed by atoms with van der Waals surface area (Å²) in [7, 11) is -1.62. The fourth-order valence-corrected chi connectivity index (χ4v) is 6.81. The summed E-state index contributed by atoms with van der Waals surface area (Å²) in [6.45, 7) is 13.1. The van der Waals surface area contributed by atoms with Gasteiger partial charge < -0.3 is 9.53 Å². The van der Waals surface area contributed by atoms with Crippen molar-refractivity contribution in [2.24, 2.45) is 5.92 Å². The molecule has 0 saturated carbocycles. The van der Waals surface area contributed by atoms with E-state index in [-0.39, 0.29) is 18.1 Å². The Labute approximate surface area is 135 Å². The van der Waals surface area contributed by atoms with E-state index in [1.54, 1.807) is 11.3 Å². The third kappa shape index (κ3) is 4.41. The first kappa shape index (κ1) is 18.9. The highest BCUT2D eigenvalue weighted by molar-refractivity contribution is 7.10. The summed E-state index contributed by atoms with van der Waals surface area (Å²) < 4.78 is 6.68. The molecule has 1 aromatic rings. The van der Waals surface area contributed by atoms with E-state index in [4.69, 9.17) is 4.43 Å². The van der Waals surface area contributed by atoms with Crippen LogP contribution in [0.5, 0.6) is 0 Å². The Hall–Kier alpha value is -0.163. The molecule has 2 atom stereocenters. The molecule has 0 radical (unpaired) electrons. The van der Waals surface area contributed by atoms with E-state index in [1.807, 2.05) is 0 Å². The first-order chi connectivity index (χ1) is 9.94. The van der Waals surface area contributed by atoms with Crippen LogP contribution in [-0.2, 0) is 4.43 Å². The summed E-state index contributed by atoms with van der Waals surface area (Å²) in [5, 5.41) is 12.5. The van der Waals surface area contributed by atoms with E-state index in [9.17, 15) is 5.11 Å². The lowest BCUT2D eigenvalue weighted by Gasteiger charge is -2.33. The first-order valence-corrected chi connectivity index (χ1v) is 11.8. The zero-order chi connectivity index (χ0) is 16.0. The van der Waals surface area contributed by atoms with E-state index in [0.29, 0.717) is 0 Å². The average Bonchev–Trinajstić information content (AvgIpc) is 2.97. The van der Waals surface area contributed by atoms with Gasteiger partial charge >= 0.3 is 0 Å². The molecular formula is C17H32O2SSi. The first-order valence-electron chi connectivity index (χ1n) is 8.37. The summed E-state index contributed by atoms with van der Waals surface area (Å²) in [5.74, 6) is 0.241. The van der Waals surface area contributed by atoms with Crippen molar-refractivity contribution in [3.8, 4) is 0 Å². The van der Waals surface area contributed by atoms with Gasteiger partial charge in [-0.3, -0.25) is 0 Å². The van der Waals surface area contributed by atoms with Crippen LogP contribution in [-0.4, -0.2) is 13.4 Å². The molecule has 0 aromatic carbocycles. The Bertz CT molecular complexity index is 404. The molecule has 0 fully saturated rings. The topological polar surface area (TPSA) is 29.5 Å². The van der Waals surface area contributed by atoms with Gasteiger partial charge in [0.2, 0.25) is 0 Å². The van der Waals surface area contributed by atoms with Crippen LogP contribution in [0.15, 0.2) is 11.4 Å². The van der Waals surface area contributed by atoms with E-state index in [2.05, 4.69) is 53.0 Å². The molecule has 122 valence electrons. The zero-order valence-electron chi connectivity index (χ0n) is 14.5. The maximum atomic E-state index is 10.4. The lowest BCUT2D eigenvalue weighted by atomic mass is 10.00. The number of hydrogen-bond acceptors (Lipinski definition) is 3. The van der Waals surface area contributed by atoms with E-state index >= 15 is 0 Å². The summed E-state index contributed by atoms with van der Waals surface area (Å²) in [6.07, 6.45) is 0.744. The van der Waals surface area contributed by atoms with Crippen molar-refractivity contribution in [3.63, 3.8) is 0 Å². The molecule has 1 heterocycles. The van der Waals surface area contributed by atoms with Gasteiger partial charge in [-0.2, -0.15) is 0 Å². The second kappa shape index (κ2) is 8.46. The minimum atomic E-state index is -1.62. The van der Waals surface area contributed by atoms with Crippen LogP contribution < -0.4 is 0 Å². The maximum Gasteiger partial charge on any atom is 0.192 e. The molecule has 4 heteroatoms. The van der Waals surface area contributed by atoms with Crippen LogP contribution in [0.2, 0.25) is 18.1 Å². The minimum absolute atomic E-state index is 0.145. The predicted octanol–water partition coefficient (Wildman–Crippen LogP) is 5.91. The number of thiophene rings is 1. The average molecular weight is 329 g/mol. The highest BCUT2D eigenvalue weighted by Gasteiger charge is 2.33. The molecule has 1 rings (SSSR count). The Morgan fingerprint density at radius 3 is 2.14 bits per heavy atom. The fraction of sp³-hybridized carbons (Fsp3) is 0.765. The van der Waals surface area contributed by atoms with Crippen molar-refractivity contribution < 1.29 is 9.53 Å². The molecule has 1 aromatic heterocycles. The van der Waals surface area contributed by atoms with Gasteiger partial charge in [0.25, 0.3) is 0 Å². The van der Waals surface area contributed by atoms with Gasteiger partial charge in [-0.15, -0.1) is 11.3 Å². The van der Waals surface area contributed by atoms with Gasteiger partial charge in [0, 0.05) is 4.88 Å². The normalized spacial score (nSPS) is 15.4. The van der Waals surface area contributed by atoms with Crippen LogP contribution in [0.3, 0.4) is 0 Å². The van der Waals surface area contributed by atoms with Crippen molar-refractivity contribution in [3.05, 3.63) is 21.9 Å². The Balaban J connectivity index is 3.03. The summed E-state index contributed by atoms with van der Waals surface area (Å²) in [6, 6.07) is 5.66. The summed E-state index contributed by atoms with van der Waals surface area (Å²) in [4.78, 5) is 1.10. The van der Waals surface area contributed by atoms with Gasteiger partial charge in [0.05, 0.1) is 12.2 Å². The van der Waals surface area contributed by atoms with E-state index in [0.717, 1.165) is 11.3 Å². The predicted molar refractivity (Wildman–Crippen MR) is 95.4 cm³/mol. The van der Waals surface area contributed by atoms with Gasteiger partial charge in [0.15, 0.2) is 8.32 Å². The smallest absolute Gasteiger partial charge is 0.192 e. The largest absolute Gasteiger partial charge is 0.410 e. The molecule has 2 unspecified atom stereocenters. The van der Waals surface area contributed by atoms with Crippen molar-refractivity contribution in [2.75, 3.05) is 0 Å². The van der Waals surface area contributed by atoms with Crippen LogP contribution in [0.1, 0.15) is 70.6 Å².